The summed E-state index contributed by atoms with van der Waals surface area (Å²) < 4.78 is 11.1. The normalized spacial score (nSPS) is 11.9. The highest BCUT2D eigenvalue weighted by molar-refractivity contribution is 7.26. The molecule has 0 aliphatic heterocycles. The smallest absolute Gasteiger partial charge is 0.136 e. The second-order valence-electron chi connectivity index (χ2n) is 10.4. The third-order valence-corrected chi connectivity index (χ3v) is 9.43. The lowest BCUT2D eigenvalue weighted by molar-refractivity contribution is 0.669. The van der Waals surface area contributed by atoms with Crippen molar-refractivity contribution in [2.45, 2.75) is 0 Å². The highest BCUT2D eigenvalue weighted by Crippen LogP contribution is 2.46. The molecule has 9 aromatic rings. The van der Waals surface area contributed by atoms with Gasteiger partial charge >= 0.3 is 0 Å². The van der Waals surface area contributed by atoms with Gasteiger partial charge in [-0.15, -0.1) is 11.3 Å². The van der Waals surface area contributed by atoms with Crippen molar-refractivity contribution in [3.05, 3.63) is 127 Å². The zero-order chi connectivity index (χ0) is 27.1. The first-order valence-corrected chi connectivity index (χ1v) is 14.4. The summed E-state index contributed by atoms with van der Waals surface area (Å²) in [6.07, 6.45) is 0. The molecule has 0 saturated heterocycles. The summed E-state index contributed by atoms with van der Waals surface area (Å²) in [5.41, 5.74) is 8.27. The van der Waals surface area contributed by atoms with E-state index in [0.29, 0.717) is 5.56 Å². The van der Waals surface area contributed by atoms with Crippen LogP contribution in [0.3, 0.4) is 0 Å². The number of benzene rings is 6. The Kier molecular flexibility index (Phi) is 4.55. The number of furan rings is 1. The van der Waals surface area contributed by atoms with Gasteiger partial charge in [-0.3, -0.25) is 0 Å². The van der Waals surface area contributed by atoms with E-state index in [4.69, 9.17) is 4.42 Å². The van der Waals surface area contributed by atoms with Gasteiger partial charge < -0.3 is 8.98 Å². The van der Waals surface area contributed by atoms with Crippen molar-refractivity contribution in [2.75, 3.05) is 0 Å². The summed E-state index contributed by atoms with van der Waals surface area (Å²) in [6, 6.07) is 44.7. The minimum absolute atomic E-state index is 0.672. The van der Waals surface area contributed by atoms with Gasteiger partial charge in [-0.05, 0) is 59.7 Å². The first kappa shape index (κ1) is 22.4. The summed E-state index contributed by atoms with van der Waals surface area (Å²) in [7, 11) is 0. The van der Waals surface area contributed by atoms with Gasteiger partial charge in [0.2, 0.25) is 0 Å². The van der Waals surface area contributed by atoms with Crippen molar-refractivity contribution in [1.82, 2.24) is 4.57 Å². The molecule has 41 heavy (non-hydrogen) atoms. The largest absolute Gasteiger partial charge is 0.456 e. The fraction of sp³-hybridized carbons (Fsp3) is 0. The molecule has 0 atom stereocenters. The Morgan fingerprint density at radius 2 is 1.29 bits per heavy atom. The molecule has 0 bridgehead atoms. The summed E-state index contributed by atoms with van der Waals surface area (Å²) in [6.45, 7) is 0. The van der Waals surface area contributed by atoms with E-state index in [-0.39, 0.29) is 0 Å². The van der Waals surface area contributed by atoms with E-state index in [1.165, 1.54) is 31.3 Å². The molecule has 190 valence electrons. The molecule has 0 fully saturated rings. The number of fused-ring (bicyclic) bond motifs is 9. The number of hydrogen-bond donors (Lipinski definition) is 0. The Bertz CT molecular complexity index is 2560. The van der Waals surface area contributed by atoms with Crippen LogP contribution in [-0.2, 0) is 0 Å². The average Bonchev–Trinajstić information content (AvgIpc) is 3.70. The summed E-state index contributed by atoms with van der Waals surface area (Å²) in [5, 5.41) is 16.6. The van der Waals surface area contributed by atoms with Gasteiger partial charge in [-0.2, -0.15) is 5.26 Å². The highest BCUT2D eigenvalue weighted by atomic mass is 32.1. The number of para-hydroxylation sites is 2. The molecule has 4 heteroatoms. The number of rotatable bonds is 2. The Labute approximate surface area is 238 Å². The zero-order valence-electron chi connectivity index (χ0n) is 21.8. The van der Waals surface area contributed by atoms with E-state index in [2.05, 4.69) is 108 Å². The molecule has 3 nitrogen and oxygen atoms in total. The number of hydrogen-bond acceptors (Lipinski definition) is 3. The fourth-order valence-electron chi connectivity index (χ4n) is 6.53. The second kappa shape index (κ2) is 8.32. The van der Waals surface area contributed by atoms with E-state index in [1.54, 1.807) is 0 Å². The van der Waals surface area contributed by atoms with Crippen LogP contribution in [0.25, 0.3) is 80.7 Å². The quantitative estimate of drug-likeness (QED) is 0.219. The lowest BCUT2D eigenvalue weighted by Crippen LogP contribution is -1.93. The summed E-state index contributed by atoms with van der Waals surface area (Å²) in [5.74, 6) is 0. The molecular formula is C37H20N2OS. The maximum atomic E-state index is 9.58. The fourth-order valence-corrected chi connectivity index (χ4v) is 7.77. The molecule has 0 aliphatic carbocycles. The Morgan fingerprint density at radius 1 is 0.585 bits per heavy atom. The van der Waals surface area contributed by atoms with Gasteiger partial charge in [-0.25, -0.2) is 0 Å². The molecule has 9 rings (SSSR count). The third-order valence-electron chi connectivity index (χ3n) is 8.24. The van der Waals surface area contributed by atoms with Crippen LogP contribution in [0.4, 0.5) is 0 Å². The highest BCUT2D eigenvalue weighted by Gasteiger charge is 2.20. The van der Waals surface area contributed by atoms with Gasteiger partial charge in [0, 0.05) is 37.0 Å². The molecule has 0 radical (unpaired) electrons. The summed E-state index contributed by atoms with van der Waals surface area (Å²) in [4.78, 5) is 0. The van der Waals surface area contributed by atoms with Crippen LogP contribution >= 0.6 is 11.3 Å². The van der Waals surface area contributed by atoms with E-state index in [9.17, 15) is 5.26 Å². The van der Waals surface area contributed by atoms with Crippen LogP contribution in [0.15, 0.2) is 126 Å². The van der Waals surface area contributed by atoms with Crippen molar-refractivity contribution in [1.29, 1.82) is 5.26 Å². The number of thiophene rings is 1. The molecule has 0 N–H and O–H groups in total. The maximum Gasteiger partial charge on any atom is 0.136 e. The van der Waals surface area contributed by atoms with Gasteiger partial charge in [0.15, 0.2) is 0 Å². The van der Waals surface area contributed by atoms with Crippen molar-refractivity contribution < 1.29 is 4.42 Å². The number of nitrogens with zero attached hydrogens (tertiary/aromatic N) is 2. The molecule has 0 unspecified atom stereocenters. The molecular weight excluding hydrogens is 520 g/mol. The molecule has 6 aromatic carbocycles. The molecule has 3 heterocycles. The van der Waals surface area contributed by atoms with Crippen LogP contribution in [-0.4, -0.2) is 4.57 Å². The van der Waals surface area contributed by atoms with Crippen LogP contribution in [0.5, 0.6) is 0 Å². The number of aromatic nitrogens is 1. The Balaban J connectivity index is 1.38. The van der Waals surface area contributed by atoms with Crippen molar-refractivity contribution >= 4 is 75.3 Å². The minimum Gasteiger partial charge on any atom is -0.456 e. The summed E-state index contributed by atoms with van der Waals surface area (Å²) >= 11 is 1.83. The molecule has 0 amide bonds. The lowest BCUT2D eigenvalue weighted by Gasteiger charge is -2.10. The topological polar surface area (TPSA) is 41.9 Å². The van der Waals surface area contributed by atoms with Crippen molar-refractivity contribution in [2.24, 2.45) is 0 Å². The van der Waals surface area contributed by atoms with Gasteiger partial charge in [-0.1, -0.05) is 72.8 Å². The zero-order valence-corrected chi connectivity index (χ0v) is 22.6. The van der Waals surface area contributed by atoms with Gasteiger partial charge in [0.1, 0.15) is 11.2 Å². The standard InChI is InChI=1S/C37H20N2OS/c38-21-22-18-19-30-28(20-22)23-8-1-3-13-29(23)39(30)31-14-5-12-27-36-25(11-7-17-34(36)41-37(27)31)24-10-6-16-33-35(24)26-9-2-4-15-32(26)40-33/h1-20H. The van der Waals surface area contributed by atoms with Crippen molar-refractivity contribution in [3.8, 4) is 22.9 Å². The lowest BCUT2D eigenvalue weighted by atomic mass is 9.95. The molecule has 0 aliphatic rings. The van der Waals surface area contributed by atoms with Gasteiger partial charge in [0.05, 0.1) is 33.1 Å². The second-order valence-corrected chi connectivity index (χ2v) is 11.5. The predicted octanol–water partition coefficient (Wildman–Crippen LogP) is 10.6. The van der Waals surface area contributed by atoms with Crippen molar-refractivity contribution in [3.63, 3.8) is 0 Å². The van der Waals surface area contributed by atoms with Gasteiger partial charge in [0.25, 0.3) is 0 Å². The first-order chi connectivity index (χ1) is 20.3. The molecule has 0 saturated carbocycles. The average molecular weight is 541 g/mol. The van der Waals surface area contributed by atoms with Crippen LogP contribution in [0, 0.1) is 11.3 Å². The number of nitriles is 1. The van der Waals surface area contributed by atoms with Crippen LogP contribution in [0.1, 0.15) is 5.56 Å². The van der Waals surface area contributed by atoms with Crippen LogP contribution < -0.4 is 0 Å². The third kappa shape index (κ3) is 3.07. The predicted molar refractivity (Wildman–Crippen MR) is 171 cm³/mol. The maximum absolute atomic E-state index is 9.58. The SMILES string of the molecule is N#Cc1ccc2c(c1)c1ccccc1n2-c1cccc2c1sc1cccc(-c3cccc4oc5ccccc5c34)c12. The van der Waals surface area contributed by atoms with E-state index in [0.717, 1.165) is 49.4 Å². The minimum atomic E-state index is 0.672. The molecule has 0 spiro atoms. The van der Waals surface area contributed by atoms with E-state index in [1.807, 2.05) is 35.6 Å². The Hall–Kier alpha value is -5.37. The molecule has 3 aromatic heterocycles. The van der Waals surface area contributed by atoms with Crippen LogP contribution in [0.2, 0.25) is 0 Å². The monoisotopic (exact) mass is 540 g/mol. The first-order valence-electron chi connectivity index (χ1n) is 13.6. The van der Waals surface area contributed by atoms with E-state index >= 15 is 0 Å². The van der Waals surface area contributed by atoms with E-state index < -0.39 is 0 Å². The Morgan fingerprint density at radius 3 is 2.20 bits per heavy atom.